The molecule has 0 amide bonds. The highest BCUT2D eigenvalue weighted by Gasteiger charge is 2.16. The van der Waals surface area contributed by atoms with E-state index in [2.05, 4.69) is 60.6 Å². The topological polar surface area (TPSA) is 39.9 Å². The molecule has 4 rings (SSSR count). The lowest BCUT2D eigenvalue weighted by Crippen LogP contribution is -1.99. The lowest BCUT2D eigenvalue weighted by atomic mass is 10.1. The van der Waals surface area contributed by atoms with Crippen LogP contribution in [0.5, 0.6) is 5.75 Å². The van der Waals surface area contributed by atoms with Crippen LogP contribution in [0.4, 0.5) is 0 Å². The van der Waals surface area contributed by atoms with Gasteiger partial charge in [-0.05, 0) is 30.2 Å². The minimum absolute atomic E-state index is 0.484. The lowest BCUT2D eigenvalue weighted by molar-refractivity contribution is 0.353. The summed E-state index contributed by atoms with van der Waals surface area (Å²) in [4.78, 5) is 8.85. The van der Waals surface area contributed by atoms with Crippen molar-refractivity contribution < 1.29 is 4.74 Å². The number of benzene rings is 1. The Balaban J connectivity index is 0.000000146. The van der Waals surface area contributed by atoms with Gasteiger partial charge in [-0.2, -0.15) is 0 Å². The van der Waals surface area contributed by atoms with E-state index in [4.69, 9.17) is 4.74 Å². The molecule has 132 valence electrons. The fourth-order valence-corrected chi connectivity index (χ4v) is 3.29. The minimum atomic E-state index is 0.484. The third-order valence-corrected chi connectivity index (χ3v) is 4.50. The van der Waals surface area contributed by atoms with Crippen molar-refractivity contribution in [2.45, 2.75) is 46.0 Å². The summed E-state index contributed by atoms with van der Waals surface area (Å²) in [6, 6.07) is 10.3. The Morgan fingerprint density at radius 3 is 2.72 bits per heavy atom. The highest BCUT2D eigenvalue weighted by molar-refractivity contribution is 5.75. The second kappa shape index (κ2) is 7.68. The minimum Gasteiger partial charge on any atom is -0.491 e. The first-order valence-electron chi connectivity index (χ1n) is 9.12. The van der Waals surface area contributed by atoms with Crippen molar-refractivity contribution in [2.24, 2.45) is 7.05 Å². The number of imidazole rings is 1. The van der Waals surface area contributed by atoms with Crippen LogP contribution >= 0.6 is 0 Å². The molecule has 0 atom stereocenters. The zero-order valence-corrected chi connectivity index (χ0v) is 15.6. The van der Waals surface area contributed by atoms with E-state index in [1.54, 1.807) is 0 Å². The number of aryl methyl sites for hydroxylation is 2. The molecular weight excluding hydrogens is 310 g/mol. The molecule has 0 radical (unpaired) electrons. The number of aromatic nitrogens is 3. The van der Waals surface area contributed by atoms with Gasteiger partial charge >= 0.3 is 0 Å². The molecule has 1 aliphatic heterocycles. The highest BCUT2D eigenvalue weighted by Crippen LogP contribution is 2.28. The summed E-state index contributed by atoms with van der Waals surface area (Å²) >= 11 is 0. The van der Waals surface area contributed by atoms with E-state index in [0.29, 0.717) is 5.92 Å². The lowest BCUT2D eigenvalue weighted by Gasteiger charge is -2.04. The Kier molecular flexibility index (Phi) is 5.37. The molecule has 4 heteroatoms. The van der Waals surface area contributed by atoms with E-state index in [9.17, 15) is 0 Å². The average Bonchev–Trinajstić information content (AvgIpc) is 3.22. The number of ether oxygens (including phenoxy) is 1. The number of para-hydroxylation sites is 2. The molecule has 0 saturated carbocycles. The maximum atomic E-state index is 5.52. The van der Waals surface area contributed by atoms with E-state index in [1.807, 2.05) is 18.3 Å². The van der Waals surface area contributed by atoms with Crippen LogP contribution in [-0.2, 0) is 19.9 Å². The fourth-order valence-electron chi connectivity index (χ4n) is 3.29. The Labute approximate surface area is 149 Å². The van der Waals surface area contributed by atoms with Crippen LogP contribution in [0.1, 0.15) is 50.2 Å². The average molecular weight is 337 g/mol. The first-order chi connectivity index (χ1) is 12.1. The van der Waals surface area contributed by atoms with E-state index in [0.717, 1.165) is 42.2 Å². The third kappa shape index (κ3) is 3.68. The van der Waals surface area contributed by atoms with Crippen molar-refractivity contribution in [3.8, 4) is 5.75 Å². The first kappa shape index (κ1) is 17.5. The maximum Gasteiger partial charge on any atom is 0.144 e. The Bertz CT molecular complexity index is 851. The van der Waals surface area contributed by atoms with Crippen molar-refractivity contribution in [1.82, 2.24) is 14.5 Å². The summed E-state index contributed by atoms with van der Waals surface area (Å²) in [6.07, 6.45) is 5.13. The molecule has 0 bridgehead atoms. The molecule has 0 unspecified atom stereocenters. The third-order valence-electron chi connectivity index (χ3n) is 4.50. The van der Waals surface area contributed by atoms with Gasteiger partial charge in [0.2, 0.25) is 0 Å². The summed E-state index contributed by atoms with van der Waals surface area (Å²) in [6.45, 7) is 7.33. The van der Waals surface area contributed by atoms with Crippen LogP contribution in [0.15, 0.2) is 36.5 Å². The number of pyridine rings is 1. The molecule has 0 saturated heterocycles. The van der Waals surface area contributed by atoms with E-state index in [-0.39, 0.29) is 0 Å². The van der Waals surface area contributed by atoms with Crippen molar-refractivity contribution in [2.75, 3.05) is 6.61 Å². The van der Waals surface area contributed by atoms with Gasteiger partial charge in [-0.1, -0.05) is 39.3 Å². The van der Waals surface area contributed by atoms with E-state index >= 15 is 0 Å². The molecular formula is C21H27N3O. The second-order valence-corrected chi connectivity index (χ2v) is 6.77. The number of hydrogen-bond acceptors (Lipinski definition) is 3. The van der Waals surface area contributed by atoms with Crippen LogP contribution in [-0.4, -0.2) is 21.1 Å². The SMILES string of the molecule is CC(C)c1nc2ccccc2n1C.CCCc1ccnc2c1OCC2. The molecule has 3 aromatic rings. The largest absolute Gasteiger partial charge is 0.491 e. The number of nitrogens with zero attached hydrogens (tertiary/aromatic N) is 3. The molecule has 3 heterocycles. The van der Waals surface area contributed by atoms with Crippen molar-refractivity contribution >= 4 is 11.0 Å². The molecule has 2 aromatic heterocycles. The predicted molar refractivity (Wildman–Crippen MR) is 102 cm³/mol. The van der Waals surface area contributed by atoms with Crippen LogP contribution in [0.25, 0.3) is 11.0 Å². The molecule has 0 fully saturated rings. The number of fused-ring (bicyclic) bond motifs is 2. The summed E-state index contributed by atoms with van der Waals surface area (Å²) < 4.78 is 7.69. The van der Waals surface area contributed by atoms with Crippen LogP contribution in [0.3, 0.4) is 0 Å². The summed E-state index contributed by atoms with van der Waals surface area (Å²) in [5.41, 5.74) is 4.76. The van der Waals surface area contributed by atoms with Gasteiger partial charge < -0.3 is 9.30 Å². The van der Waals surface area contributed by atoms with Crippen LogP contribution in [0.2, 0.25) is 0 Å². The smallest absolute Gasteiger partial charge is 0.144 e. The quantitative estimate of drug-likeness (QED) is 0.697. The fraction of sp³-hybridized carbons (Fsp3) is 0.429. The molecule has 1 aromatic carbocycles. The zero-order valence-electron chi connectivity index (χ0n) is 15.6. The standard InChI is InChI=1S/C11H14N2.C10H13NO/c1-8(2)11-12-9-6-4-5-7-10(9)13(11)3;1-2-3-8-4-6-11-9-5-7-12-10(8)9/h4-8H,1-3H3;4,6H,2-3,5,7H2,1H3. The second-order valence-electron chi connectivity index (χ2n) is 6.77. The first-order valence-corrected chi connectivity index (χ1v) is 9.12. The predicted octanol–water partition coefficient (Wildman–Crippen LogP) is 4.67. The van der Waals surface area contributed by atoms with Crippen LogP contribution in [0, 0.1) is 0 Å². The molecule has 4 nitrogen and oxygen atoms in total. The Hall–Kier alpha value is -2.36. The maximum absolute atomic E-state index is 5.52. The van der Waals surface area contributed by atoms with Gasteiger partial charge in [0.1, 0.15) is 11.6 Å². The number of rotatable bonds is 3. The van der Waals surface area contributed by atoms with Gasteiger partial charge in [0.15, 0.2) is 0 Å². The summed E-state index contributed by atoms with van der Waals surface area (Å²) in [5.74, 6) is 2.69. The molecule has 0 N–H and O–H groups in total. The van der Waals surface area contributed by atoms with Gasteiger partial charge in [0, 0.05) is 25.6 Å². The highest BCUT2D eigenvalue weighted by atomic mass is 16.5. The Morgan fingerprint density at radius 1 is 1.20 bits per heavy atom. The monoisotopic (exact) mass is 337 g/mol. The van der Waals surface area contributed by atoms with Gasteiger partial charge in [0.25, 0.3) is 0 Å². The van der Waals surface area contributed by atoms with Crippen molar-refractivity contribution in [3.63, 3.8) is 0 Å². The van der Waals surface area contributed by atoms with E-state index in [1.165, 1.54) is 17.5 Å². The molecule has 0 spiro atoms. The summed E-state index contributed by atoms with van der Waals surface area (Å²) in [5, 5.41) is 0. The molecule has 0 aliphatic carbocycles. The Morgan fingerprint density at radius 2 is 2.00 bits per heavy atom. The zero-order chi connectivity index (χ0) is 17.8. The van der Waals surface area contributed by atoms with Gasteiger partial charge in [-0.15, -0.1) is 0 Å². The number of hydrogen-bond donors (Lipinski definition) is 0. The van der Waals surface area contributed by atoms with Crippen molar-refractivity contribution in [1.29, 1.82) is 0 Å². The van der Waals surface area contributed by atoms with E-state index < -0.39 is 0 Å². The van der Waals surface area contributed by atoms with Gasteiger partial charge in [0.05, 0.1) is 23.3 Å². The molecule has 25 heavy (non-hydrogen) atoms. The molecule has 1 aliphatic rings. The van der Waals surface area contributed by atoms with Crippen LogP contribution < -0.4 is 4.74 Å². The summed E-state index contributed by atoms with van der Waals surface area (Å²) in [7, 11) is 2.07. The normalized spacial score (nSPS) is 12.7. The van der Waals surface area contributed by atoms with Crippen molar-refractivity contribution in [3.05, 3.63) is 53.6 Å². The van der Waals surface area contributed by atoms with Gasteiger partial charge in [-0.25, -0.2) is 4.98 Å². The van der Waals surface area contributed by atoms with Gasteiger partial charge in [-0.3, -0.25) is 4.98 Å².